The van der Waals surface area contributed by atoms with E-state index in [0.29, 0.717) is 6.67 Å². The van der Waals surface area contributed by atoms with E-state index in [2.05, 4.69) is 0 Å². The zero-order valence-electron chi connectivity index (χ0n) is 7.04. The van der Waals surface area contributed by atoms with Crippen molar-refractivity contribution in [3.63, 3.8) is 0 Å². The monoisotopic (exact) mass is 146 g/mol. The highest BCUT2D eigenvalue weighted by molar-refractivity contribution is 4.68. The number of likely N-dealkylation sites (N-methyl/N-ethyl adjacent to an activating group) is 1. The van der Waals surface area contributed by atoms with Crippen LogP contribution < -0.4 is 5.73 Å². The minimum atomic E-state index is -0.302. The van der Waals surface area contributed by atoms with Crippen molar-refractivity contribution in [3.8, 4) is 0 Å². The second-order valence-electron chi connectivity index (χ2n) is 2.57. The number of hydrogen-bond acceptors (Lipinski definition) is 3. The Morgan fingerprint density at radius 2 is 2.00 bits per heavy atom. The summed E-state index contributed by atoms with van der Waals surface area (Å²) in [6, 6.07) is 0.162. The summed E-state index contributed by atoms with van der Waals surface area (Å²) in [5.41, 5.74) is 5.44. The van der Waals surface area contributed by atoms with Gasteiger partial charge in [-0.3, -0.25) is 4.90 Å². The van der Waals surface area contributed by atoms with Gasteiger partial charge in [-0.05, 0) is 20.4 Å². The van der Waals surface area contributed by atoms with E-state index in [4.69, 9.17) is 10.8 Å². The van der Waals surface area contributed by atoms with Gasteiger partial charge < -0.3 is 10.8 Å². The van der Waals surface area contributed by atoms with Crippen molar-refractivity contribution in [3.05, 3.63) is 0 Å². The lowest BCUT2D eigenvalue weighted by molar-refractivity contribution is 0.0756. The van der Waals surface area contributed by atoms with E-state index in [0.717, 1.165) is 6.54 Å². The summed E-state index contributed by atoms with van der Waals surface area (Å²) in [4.78, 5) is 2.02. The standard InChI is InChI=1S/C7H18N2O/c1-4-9(5-8)6(2)7(3)10/h6-7,10H,4-5,8H2,1-3H3. The van der Waals surface area contributed by atoms with Gasteiger partial charge in [0.1, 0.15) is 0 Å². The Labute approximate surface area is 62.8 Å². The van der Waals surface area contributed by atoms with Gasteiger partial charge in [0.05, 0.1) is 6.10 Å². The van der Waals surface area contributed by atoms with Gasteiger partial charge in [0.25, 0.3) is 0 Å². The third kappa shape index (κ3) is 2.64. The van der Waals surface area contributed by atoms with Crippen LogP contribution in [-0.2, 0) is 0 Å². The summed E-state index contributed by atoms with van der Waals surface area (Å²) >= 11 is 0. The van der Waals surface area contributed by atoms with Crippen LogP contribution in [0.4, 0.5) is 0 Å². The quantitative estimate of drug-likeness (QED) is 0.549. The minimum absolute atomic E-state index is 0.162. The summed E-state index contributed by atoms with van der Waals surface area (Å²) in [6.45, 7) is 7.20. The first-order valence-electron chi connectivity index (χ1n) is 3.75. The lowest BCUT2D eigenvalue weighted by atomic mass is 10.2. The molecule has 2 atom stereocenters. The van der Waals surface area contributed by atoms with Crippen molar-refractivity contribution in [1.82, 2.24) is 4.90 Å². The van der Waals surface area contributed by atoms with Gasteiger partial charge in [-0.1, -0.05) is 6.92 Å². The predicted octanol–water partition coefficient (Wildman–Crippen LogP) is -0.00620. The Hall–Kier alpha value is -0.120. The van der Waals surface area contributed by atoms with Crippen molar-refractivity contribution in [2.75, 3.05) is 13.2 Å². The van der Waals surface area contributed by atoms with Crippen molar-refractivity contribution < 1.29 is 5.11 Å². The summed E-state index contributed by atoms with van der Waals surface area (Å²) in [7, 11) is 0. The summed E-state index contributed by atoms with van der Waals surface area (Å²) in [5, 5.41) is 9.16. The summed E-state index contributed by atoms with van der Waals surface area (Å²) in [5.74, 6) is 0. The maximum atomic E-state index is 9.16. The van der Waals surface area contributed by atoms with Crippen LogP contribution in [0.3, 0.4) is 0 Å². The molecule has 0 fully saturated rings. The molecule has 0 aromatic carbocycles. The van der Waals surface area contributed by atoms with Crippen LogP contribution in [0.15, 0.2) is 0 Å². The molecule has 0 bridgehead atoms. The second-order valence-corrected chi connectivity index (χ2v) is 2.57. The SMILES string of the molecule is CCN(CN)C(C)C(C)O. The fourth-order valence-corrected chi connectivity index (χ4v) is 0.888. The van der Waals surface area contributed by atoms with Crippen molar-refractivity contribution in [2.24, 2.45) is 5.73 Å². The molecule has 3 heteroatoms. The first-order valence-corrected chi connectivity index (χ1v) is 3.75. The normalized spacial score (nSPS) is 17.4. The molecule has 0 saturated heterocycles. The Bertz CT molecular complexity index is 81.7. The van der Waals surface area contributed by atoms with E-state index >= 15 is 0 Å². The van der Waals surface area contributed by atoms with Gasteiger partial charge in [0.2, 0.25) is 0 Å². The lowest BCUT2D eigenvalue weighted by Crippen LogP contribution is -2.43. The molecule has 3 N–H and O–H groups in total. The highest BCUT2D eigenvalue weighted by Gasteiger charge is 2.14. The lowest BCUT2D eigenvalue weighted by Gasteiger charge is -2.27. The molecule has 0 aromatic rings. The molecular formula is C7H18N2O. The Morgan fingerprint density at radius 3 is 2.10 bits per heavy atom. The van der Waals surface area contributed by atoms with Crippen LogP contribution in [0.2, 0.25) is 0 Å². The number of rotatable bonds is 4. The summed E-state index contributed by atoms with van der Waals surface area (Å²) < 4.78 is 0. The smallest absolute Gasteiger partial charge is 0.0665 e. The first-order chi connectivity index (χ1) is 4.63. The van der Waals surface area contributed by atoms with Crippen LogP contribution in [-0.4, -0.2) is 35.4 Å². The molecule has 3 nitrogen and oxygen atoms in total. The van der Waals surface area contributed by atoms with Gasteiger partial charge in [-0.25, -0.2) is 0 Å². The van der Waals surface area contributed by atoms with Gasteiger partial charge in [0, 0.05) is 12.7 Å². The fraction of sp³-hybridized carbons (Fsp3) is 1.00. The number of hydrogen-bond donors (Lipinski definition) is 2. The molecular weight excluding hydrogens is 128 g/mol. The molecule has 62 valence electrons. The molecule has 0 heterocycles. The Morgan fingerprint density at radius 1 is 1.50 bits per heavy atom. The van der Waals surface area contributed by atoms with E-state index in [-0.39, 0.29) is 12.1 Å². The average molecular weight is 146 g/mol. The molecule has 0 aliphatic rings. The molecule has 0 radical (unpaired) electrons. The van der Waals surface area contributed by atoms with Crippen LogP contribution in [0.25, 0.3) is 0 Å². The zero-order valence-corrected chi connectivity index (χ0v) is 7.04. The van der Waals surface area contributed by atoms with Crippen molar-refractivity contribution in [2.45, 2.75) is 32.9 Å². The Balaban J connectivity index is 3.76. The third-order valence-electron chi connectivity index (χ3n) is 1.91. The maximum absolute atomic E-state index is 9.16. The highest BCUT2D eigenvalue weighted by atomic mass is 16.3. The van der Waals surface area contributed by atoms with Crippen LogP contribution >= 0.6 is 0 Å². The van der Waals surface area contributed by atoms with E-state index < -0.39 is 0 Å². The van der Waals surface area contributed by atoms with Gasteiger partial charge in [-0.15, -0.1) is 0 Å². The average Bonchev–Trinajstić information content (AvgIpc) is 1.90. The second kappa shape index (κ2) is 4.66. The van der Waals surface area contributed by atoms with Crippen LogP contribution in [0, 0.1) is 0 Å². The highest BCUT2D eigenvalue weighted by Crippen LogP contribution is 2.00. The third-order valence-corrected chi connectivity index (χ3v) is 1.91. The molecule has 0 rings (SSSR count). The van der Waals surface area contributed by atoms with E-state index in [1.165, 1.54) is 0 Å². The number of nitrogens with zero attached hydrogens (tertiary/aromatic N) is 1. The molecule has 0 aromatic heterocycles. The van der Waals surface area contributed by atoms with E-state index in [1.807, 2.05) is 18.7 Å². The molecule has 0 saturated carbocycles. The summed E-state index contributed by atoms with van der Waals surface area (Å²) in [6.07, 6.45) is -0.302. The number of nitrogens with two attached hydrogens (primary N) is 1. The molecule has 2 unspecified atom stereocenters. The maximum Gasteiger partial charge on any atom is 0.0665 e. The minimum Gasteiger partial charge on any atom is -0.392 e. The van der Waals surface area contributed by atoms with Crippen molar-refractivity contribution >= 4 is 0 Å². The topological polar surface area (TPSA) is 49.5 Å². The molecule has 0 amide bonds. The van der Waals surface area contributed by atoms with Crippen LogP contribution in [0.5, 0.6) is 0 Å². The van der Waals surface area contributed by atoms with Gasteiger partial charge in [0.15, 0.2) is 0 Å². The number of aliphatic hydroxyl groups is 1. The predicted molar refractivity (Wildman–Crippen MR) is 42.6 cm³/mol. The van der Waals surface area contributed by atoms with Crippen molar-refractivity contribution in [1.29, 1.82) is 0 Å². The van der Waals surface area contributed by atoms with E-state index in [9.17, 15) is 0 Å². The van der Waals surface area contributed by atoms with Gasteiger partial charge in [-0.2, -0.15) is 0 Å². The zero-order chi connectivity index (χ0) is 8.15. The van der Waals surface area contributed by atoms with Gasteiger partial charge >= 0.3 is 0 Å². The van der Waals surface area contributed by atoms with Crippen LogP contribution in [0.1, 0.15) is 20.8 Å². The Kier molecular flexibility index (Phi) is 4.60. The fourth-order valence-electron chi connectivity index (χ4n) is 0.888. The largest absolute Gasteiger partial charge is 0.392 e. The molecule has 0 aliphatic carbocycles. The molecule has 10 heavy (non-hydrogen) atoms. The first kappa shape index (κ1) is 9.88. The van der Waals surface area contributed by atoms with E-state index in [1.54, 1.807) is 6.92 Å². The number of aliphatic hydroxyl groups excluding tert-OH is 1. The molecule has 0 aliphatic heterocycles. The molecule has 0 spiro atoms.